The highest BCUT2D eigenvalue weighted by atomic mass is 32.2. The van der Waals surface area contributed by atoms with Gasteiger partial charge in [-0.1, -0.05) is 17.4 Å². The molecule has 8 nitrogen and oxygen atoms in total. The molecule has 1 saturated heterocycles. The summed E-state index contributed by atoms with van der Waals surface area (Å²) in [5.41, 5.74) is 0.629. The number of methoxy groups -OCH3 is 1. The molecule has 3 rings (SSSR count). The number of nitrogens with zero attached hydrogens (tertiary/aromatic N) is 3. The van der Waals surface area contributed by atoms with Crippen molar-refractivity contribution in [3.63, 3.8) is 0 Å². The minimum atomic E-state index is -3.51. The van der Waals surface area contributed by atoms with Gasteiger partial charge in [-0.3, -0.25) is 15.0 Å². The lowest BCUT2D eigenvalue weighted by molar-refractivity contribution is -0.383. The normalized spacial score (nSPS) is 15.6. The molecule has 0 atom stereocenters. The molecule has 2 heterocycles. The molecule has 0 bridgehead atoms. The van der Waals surface area contributed by atoms with Gasteiger partial charge >= 0.3 is 5.69 Å². The summed E-state index contributed by atoms with van der Waals surface area (Å²) in [6, 6.07) is 5.95. The average Bonchev–Trinajstić information content (AvgIpc) is 3.09. The number of rotatable bonds is 6. The van der Waals surface area contributed by atoms with Crippen molar-refractivity contribution < 1.29 is 22.5 Å². The zero-order valence-corrected chi connectivity index (χ0v) is 17.1. The molecule has 152 valence electrons. The Bertz CT molecular complexity index is 985. The summed E-state index contributed by atoms with van der Waals surface area (Å²) in [5.74, 6) is -0.221. The van der Waals surface area contributed by atoms with E-state index in [2.05, 4.69) is 4.90 Å². The molecule has 1 fully saturated rings. The zero-order chi connectivity index (χ0) is 20.5. The SMILES string of the molecule is COc1ccc(CN2CCN(c3sc(S(C)(=O)=O)cc3[N+](=O)[O-])CC2)cc1F. The molecular weight excluding hydrogens is 409 g/mol. The minimum Gasteiger partial charge on any atom is -0.494 e. The topological polar surface area (TPSA) is 93.0 Å². The molecule has 0 saturated carbocycles. The average molecular weight is 429 g/mol. The number of hydrogen-bond donors (Lipinski definition) is 0. The Labute approximate surface area is 166 Å². The molecule has 0 radical (unpaired) electrons. The van der Waals surface area contributed by atoms with Crippen LogP contribution >= 0.6 is 11.3 Å². The van der Waals surface area contributed by atoms with Crippen molar-refractivity contribution >= 4 is 31.9 Å². The molecule has 1 aromatic heterocycles. The monoisotopic (exact) mass is 429 g/mol. The van der Waals surface area contributed by atoms with Crippen molar-refractivity contribution in [3.8, 4) is 5.75 Å². The second kappa shape index (κ2) is 8.02. The van der Waals surface area contributed by atoms with Gasteiger partial charge in [-0.05, 0) is 17.7 Å². The van der Waals surface area contributed by atoms with Crippen LogP contribution in [0, 0.1) is 15.9 Å². The summed E-state index contributed by atoms with van der Waals surface area (Å²) in [6.07, 6.45) is 1.04. The minimum absolute atomic E-state index is 0.00895. The van der Waals surface area contributed by atoms with Crippen molar-refractivity contribution in [2.75, 3.05) is 44.4 Å². The van der Waals surface area contributed by atoms with Crippen LogP contribution in [0.15, 0.2) is 28.5 Å². The second-order valence-corrected chi connectivity index (χ2v) is 9.79. The van der Waals surface area contributed by atoms with Gasteiger partial charge in [0, 0.05) is 45.0 Å². The smallest absolute Gasteiger partial charge is 0.305 e. The number of thiophene rings is 1. The van der Waals surface area contributed by atoms with Gasteiger partial charge in [-0.25, -0.2) is 12.8 Å². The van der Waals surface area contributed by atoms with Crippen LogP contribution in [0.2, 0.25) is 0 Å². The first-order valence-electron chi connectivity index (χ1n) is 8.47. The number of piperazine rings is 1. The number of sulfone groups is 1. The molecule has 1 aliphatic rings. The van der Waals surface area contributed by atoms with Gasteiger partial charge in [0.25, 0.3) is 0 Å². The summed E-state index contributed by atoms with van der Waals surface area (Å²) >= 11 is 0.927. The van der Waals surface area contributed by atoms with E-state index in [1.807, 2.05) is 4.90 Å². The van der Waals surface area contributed by atoms with Crippen LogP contribution in [0.25, 0.3) is 0 Å². The Balaban J connectivity index is 1.69. The maximum atomic E-state index is 13.8. The quantitative estimate of drug-likeness (QED) is 0.515. The Morgan fingerprint density at radius 3 is 2.46 bits per heavy atom. The molecule has 0 unspecified atom stereocenters. The van der Waals surface area contributed by atoms with E-state index in [1.54, 1.807) is 12.1 Å². The van der Waals surface area contributed by atoms with E-state index in [1.165, 1.54) is 13.2 Å². The maximum absolute atomic E-state index is 13.8. The van der Waals surface area contributed by atoms with Gasteiger partial charge in [-0.15, -0.1) is 0 Å². The third-order valence-electron chi connectivity index (χ3n) is 4.51. The van der Waals surface area contributed by atoms with E-state index >= 15 is 0 Å². The summed E-state index contributed by atoms with van der Waals surface area (Å²) < 4.78 is 42.3. The lowest BCUT2D eigenvalue weighted by Crippen LogP contribution is -2.45. The van der Waals surface area contributed by atoms with E-state index in [0.717, 1.165) is 29.2 Å². The van der Waals surface area contributed by atoms with Crippen LogP contribution in [0.3, 0.4) is 0 Å². The first kappa shape index (κ1) is 20.5. The number of ether oxygens (including phenoxy) is 1. The lowest BCUT2D eigenvalue weighted by atomic mass is 10.2. The van der Waals surface area contributed by atoms with Crippen LogP contribution < -0.4 is 9.64 Å². The van der Waals surface area contributed by atoms with Gasteiger partial charge < -0.3 is 9.64 Å². The standard InChI is InChI=1S/C17H20FN3O5S2/c1-26-15-4-3-12(9-13(15)18)11-19-5-7-20(8-6-19)17-14(21(22)23)10-16(27-17)28(2,24)25/h3-4,9-10H,5-8,11H2,1-2H3. The Morgan fingerprint density at radius 2 is 1.93 bits per heavy atom. The molecular formula is C17H20FN3O5S2. The Kier molecular flexibility index (Phi) is 5.87. The van der Waals surface area contributed by atoms with E-state index in [4.69, 9.17) is 4.74 Å². The van der Waals surface area contributed by atoms with Gasteiger partial charge in [0.1, 0.15) is 4.21 Å². The third-order valence-corrected chi connectivity index (χ3v) is 7.50. The number of benzene rings is 1. The van der Waals surface area contributed by atoms with E-state index in [-0.39, 0.29) is 15.6 Å². The van der Waals surface area contributed by atoms with Crippen molar-refractivity contribution in [3.05, 3.63) is 45.8 Å². The fraction of sp³-hybridized carbons (Fsp3) is 0.412. The van der Waals surface area contributed by atoms with Crippen LogP contribution in [-0.2, 0) is 16.4 Å². The van der Waals surface area contributed by atoms with Crippen molar-refractivity contribution in [2.45, 2.75) is 10.8 Å². The molecule has 0 amide bonds. The summed E-state index contributed by atoms with van der Waals surface area (Å²) in [7, 11) is -2.09. The Hall–Kier alpha value is -2.24. The van der Waals surface area contributed by atoms with Crippen LogP contribution in [0.4, 0.5) is 15.1 Å². The number of anilines is 1. The van der Waals surface area contributed by atoms with Crippen LogP contribution in [0.1, 0.15) is 5.56 Å². The summed E-state index contributed by atoms with van der Waals surface area (Å²) in [6.45, 7) is 2.83. The van der Waals surface area contributed by atoms with Crippen molar-refractivity contribution in [1.29, 1.82) is 0 Å². The van der Waals surface area contributed by atoms with Gasteiger partial charge in [0.05, 0.1) is 12.0 Å². The second-order valence-electron chi connectivity index (χ2n) is 6.52. The first-order valence-corrected chi connectivity index (χ1v) is 11.2. The van der Waals surface area contributed by atoms with Crippen LogP contribution in [-0.4, -0.2) is 57.8 Å². The predicted octanol–water partition coefficient (Wildman–Crippen LogP) is 2.53. The highest BCUT2D eigenvalue weighted by Gasteiger charge is 2.29. The molecule has 11 heteroatoms. The lowest BCUT2D eigenvalue weighted by Gasteiger charge is -2.35. The number of hydrogen-bond acceptors (Lipinski definition) is 8. The van der Waals surface area contributed by atoms with Gasteiger partial charge in [-0.2, -0.15) is 0 Å². The zero-order valence-electron chi connectivity index (χ0n) is 15.4. The first-order chi connectivity index (χ1) is 13.2. The highest BCUT2D eigenvalue weighted by Crippen LogP contribution is 2.40. The Morgan fingerprint density at radius 1 is 1.25 bits per heavy atom. The summed E-state index contributed by atoms with van der Waals surface area (Å²) in [5, 5.41) is 11.7. The number of nitro groups is 1. The largest absolute Gasteiger partial charge is 0.494 e. The number of halogens is 1. The van der Waals surface area contributed by atoms with Crippen molar-refractivity contribution in [1.82, 2.24) is 4.90 Å². The molecule has 1 aliphatic heterocycles. The highest BCUT2D eigenvalue weighted by molar-refractivity contribution is 7.92. The van der Waals surface area contributed by atoms with E-state index < -0.39 is 20.6 Å². The molecule has 0 N–H and O–H groups in total. The van der Waals surface area contributed by atoms with Crippen molar-refractivity contribution in [2.24, 2.45) is 0 Å². The molecule has 1 aromatic carbocycles. The van der Waals surface area contributed by atoms with E-state index in [9.17, 15) is 22.9 Å². The van der Waals surface area contributed by atoms with Gasteiger partial charge in [0.2, 0.25) is 0 Å². The molecule has 28 heavy (non-hydrogen) atoms. The molecule has 2 aromatic rings. The van der Waals surface area contributed by atoms with Crippen LogP contribution in [0.5, 0.6) is 5.75 Å². The fourth-order valence-electron chi connectivity index (χ4n) is 3.07. The fourth-order valence-corrected chi connectivity index (χ4v) is 5.14. The molecule has 0 spiro atoms. The molecule has 0 aliphatic carbocycles. The third kappa shape index (κ3) is 4.42. The van der Waals surface area contributed by atoms with E-state index in [0.29, 0.717) is 37.7 Å². The van der Waals surface area contributed by atoms with Gasteiger partial charge in [0.15, 0.2) is 26.4 Å². The summed E-state index contributed by atoms with van der Waals surface area (Å²) in [4.78, 5) is 14.7. The maximum Gasteiger partial charge on any atom is 0.305 e. The predicted molar refractivity (Wildman–Crippen MR) is 105 cm³/mol.